The zero-order valence-corrected chi connectivity index (χ0v) is 15.6. The number of halogens is 2. The molecule has 0 aliphatic heterocycles. The highest BCUT2D eigenvalue weighted by Crippen LogP contribution is 2.35. The fraction of sp³-hybridized carbons (Fsp3) is 0.211. The second kappa shape index (κ2) is 8.30. The van der Waals surface area contributed by atoms with Gasteiger partial charge < -0.3 is 9.77 Å². The van der Waals surface area contributed by atoms with Gasteiger partial charge >= 0.3 is 0 Å². The van der Waals surface area contributed by atoms with Crippen molar-refractivity contribution in [1.29, 1.82) is 0 Å². The van der Waals surface area contributed by atoms with Crippen molar-refractivity contribution >= 4 is 18.0 Å². The fourth-order valence-electron chi connectivity index (χ4n) is 2.61. The molecule has 0 aliphatic carbocycles. The van der Waals surface area contributed by atoms with Crippen LogP contribution in [0.5, 0.6) is 0 Å². The highest BCUT2D eigenvalue weighted by atomic mass is 32.2. The largest absolute Gasteiger partial charge is 0.411 e. The van der Waals surface area contributed by atoms with Crippen LogP contribution < -0.4 is 0 Å². The van der Waals surface area contributed by atoms with Gasteiger partial charge in [-0.2, -0.15) is 0 Å². The summed E-state index contributed by atoms with van der Waals surface area (Å²) >= 11 is 1.21. The Morgan fingerprint density at radius 2 is 1.96 bits per heavy atom. The maximum atomic E-state index is 13.6. The van der Waals surface area contributed by atoms with E-state index in [0.717, 1.165) is 22.5 Å². The second-order valence-corrected chi connectivity index (χ2v) is 7.24. The van der Waals surface area contributed by atoms with Crippen LogP contribution in [0.4, 0.5) is 8.78 Å². The Morgan fingerprint density at radius 3 is 2.56 bits per heavy atom. The maximum absolute atomic E-state index is 13.6. The first-order valence-electron chi connectivity index (χ1n) is 8.29. The standard InChI is InChI=1S/C19H18F2N4OS/c1-12(2)18-19(27-16-8-13(20)7-14(21)9-16)25(17(24-18)10-23-26)11-15-5-3-4-6-22-15/h3-10,12,26H,11H2,1-2H3/b23-10+. The number of pyridine rings is 1. The lowest BCUT2D eigenvalue weighted by Crippen LogP contribution is -2.07. The van der Waals surface area contributed by atoms with E-state index in [1.165, 1.54) is 30.1 Å². The van der Waals surface area contributed by atoms with Crippen LogP contribution in [0.2, 0.25) is 0 Å². The Labute approximate surface area is 159 Å². The first-order chi connectivity index (χ1) is 13.0. The number of nitrogens with zero attached hydrogens (tertiary/aromatic N) is 4. The number of oxime groups is 1. The van der Waals surface area contributed by atoms with Crippen LogP contribution >= 0.6 is 11.8 Å². The van der Waals surface area contributed by atoms with Crippen LogP contribution in [0.1, 0.15) is 37.0 Å². The van der Waals surface area contributed by atoms with E-state index in [4.69, 9.17) is 5.21 Å². The monoisotopic (exact) mass is 388 g/mol. The molecule has 0 unspecified atom stereocenters. The van der Waals surface area contributed by atoms with Crippen molar-refractivity contribution in [3.63, 3.8) is 0 Å². The number of aromatic nitrogens is 3. The van der Waals surface area contributed by atoms with Crippen LogP contribution in [0.25, 0.3) is 0 Å². The van der Waals surface area contributed by atoms with Crippen LogP contribution in [0.3, 0.4) is 0 Å². The molecule has 0 saturated heterocycles. The smallest absolute Gasteiger partial charge is 0.156 e. The molecule has 8 heteroatoms. The minimum Gasteiger partial charge on any atom is -0.411 e. The molecule has 0 amide bonds. The molecule has 1 aromatic carbocycles. The molecule has 3 aromatic rings. The van der Waals surface area contributed by atoms with E-state index < -0.39 is 11.6 Å². The summed E-state index contributed by atoms with van der Waals surface area (Å²) in [4.78, 5) is 9.30. The molecule has 0 aliphatic rings. The molecule has 0 spiro atoms. The minimum atomic E-state index is -0.642. The van der Waals surface area contributed by atoms with Gasteiger partial charge in [0.25, 0.3) is 0 Å². The van der Waals surface area contributed by atoms with Crippen molar-refractivity contribution in [2.75, 3.05) is 0 Å². The van der Waals surface area contributed by atoms with E-state index in [2.05, 4.69) is 15.1 Å². The summed E-state index contributed by atoms with van der Waals surface area (Å²) in [5.41, 5.74) is 1.53. The highest BCUT2D eigenvalue weighted by Gasteiger charge is 2.21. The average molecular weight is 388 g/mol. The lowest BCUT2D eigenvalue weighted by Gasteiger charge is -2.12. The molecular weight excluding hydrogens is 370 g/mol. The third-order valence-electron chi connectivity index (χ3n) is 3.79. The Hall–Kier alpha value is -2.74. The number of imidazole rings is 1. The number of benzene rings is 1. The Bertz CT molecular complexity index is 938. The molecule has 1 N–H and O–H groups in total. The van der Waals surface area contributed by atoms with Gasteiger partial charge in [-0.05, 0) is 30.2 Å². The predicted molar refractivity (Wildman–Crippen MR) is 99.5 cm³/mol. The van der Waals surface area contributed by atoms with Gasteiger partial charge in [-0.1, -0.05) is 36.8 Å². The van der Waals surface area contributed by atoms with E-state index in [0.29, 0.717) is 17.3 Å². The zero-order valence-electron chi connectivity index (χ0n) is 14.8. The third-order valence-corrected chi connectivity index (χ3v) is 4.89. The van der Waals surface area contributed by atoms with Gasteiger partial charge in [-0.25, -0.2) is 13.8 Å². The summed E-state index contributed by atoms with van der Waals surface area (Å²) in [6, 6.07) is 8.94. The molecule has 140 valence electrons. The topological polar surface area (TPSA) is 63.3 Å². The summed E-state index contributed by atoms with van der Waals surface area (Å²) in [5, 5.41) is 12.8. The van der Waals surface area contributed by atoms with Gasteiger partial charge in [-0.15, -0.1) is 0 Å². The molecule has 0 atom stereocenters. The lowest BCUT2D eigenvalue weighted by atomic mass is 10.1. The van der Waals surface area contributed by atoms with E-state index in [1.807, 2.05) is 36.6 Å². The molecule has 5 nitrogen and oxygen atoms in total. The Balaban J connectivity index is 2.10. The van der Waals surface area contributed by atoms with E-state index >= 15 is 0 Å². The van der Waals surface area contributed by atoms with Crippen molar-refractivity contribution in [3.8, 4) is 0 Å². The van der Waals surface area contributed by atoms with Gasteiger partial charge in [-0.3, -0.25) is 4.98 Å². The number of rotatable bonds is 6. The summed E-state index contributed by atoms with van der Waals surface area (Å²) < 4.78 is 29.1. The van der Waals surface area contributed by atoms with Gasteiger partial charge in [0.2, 0.25) is 0 Å². The van der Waals surface area contributed by atoms with Crippen LogP contribution in [-0.4, -0.2) is 26.0 Å². The van der Waals surface area contributed by atoms with Gasteiger partial charge in [0.05, 0.1) is 17.9 Å². The summed E-state index contributed by atoms with van der Waals surface area (Å²) in [5.74, 6) is -0.791. The quantitative estimate of drug-likeness (QED) is 0.378. The first kappa shape index (κ1) is 19.0. The van der Waals surface area contributed by atoms with Gasteiger partial charge in [0, 0.05) is 17.2 Å². The molecule has 3 rings (SSSR count). The SMILES string of the molecule is CC(C)c1nc(/C=N/O)n(Cc2ccccn2)c1Sc1cc(F)cc(F)c1. The summed E-state index contributed by atoms with van der Waals surface area (Å²) in [6.07, 6.45) is 2.93. The van der Waals surface area contributed by atoms with Gasteiger partial charge in [0.15, 0.2) is 5.82 Å². The molecule has 2 aromatic heterocycles. The van der Waals surface area contributed by atoms with Gasteiger partial charge in [0.1, 0.15) is 22.9 Å². The molecule has 0 fully saturated rings. The Morgan fingerprint density at radius 1 is 1.22 bits per heavy atom. The third kappa shape index (κ3) is 4.51. The Kier molecular flexibility index (Phi) is 5.85. The second-order valence-electron chi connectivity index (χ2n) is 6.17. The molecule has 27 heavy (non-hydrogen) atoms. The molecule has 2 heterocycles. The van der Waals surface area contributed by atoms with Crippen LogP contribution in [0.15, 0.2) is 57.7 Å². The van der Waals surface area contributed by atoms with Crippen molar-refractivity contribution in [2.45, 2.75) is 36.2 Å². The zero-order chi connectivity index (χ0) is 19.4. The normalized spacial score (nSPS) is 11.6. The molecule has 0 bridgehead atoms. The van der Waals surface area contributed by atoms with E-state index in [1.54, 1.807) is 6.20 Å². The summed E-state index contributed by atoms with van der Waals surface area (Å²) in [7, 11) is 0. The van der Waals surface area contributed by atoms with Crippen molar-refractivity contribution in [3.05, 3.63) is 71.4 Å². The van der Waals surface area contributed by atoms with E-state index in [-0.39, 0.29) is 5.92 Å². The average Bonchev–Trinajstić information content (AvgIpc) is 2.93. The van der Waals surface area contributed by atoms with E-state index in [9.17, 15) is 8.78 Å². The number of hydrogen-bond donors (Lipinski definition) is 1. The van der Waals surface area contributed by atoms with Crippen molar-refractivity contribution in [1.82, 2.24) is 14.5 Å². The first-order valence-corrected chi connectivity index (χ1v) is 9.11. The summed E-state index contributed by atoms with van der Waals surface area (Å²) in [6.45, 7) is 4.33. The molecular formula is C19H18F2N4OS. The van der Waals surface area contributed by atoms with Crippen molar-refractivity contribution < 1.29 is 14.0 Å². The minimum absolute atomic E-state index is 0.0572. The predicted octanol–water partition coefficient (Wildman–Crippen LogP) is 4.69. The van der Waals surface area contributed by atoms with Crippen LogP contribution in [0, 0.1) is 11.6 Å². The highest BCUT2D eigenvalue weighted by molar-refractivity contribution is 7.99. The number of hydrogen-bond acceptors (Lipinski definition) is 5. The fourth-order valence-corrected chi connectivity index (χ4v) is 3.83. The van der Waals surface area contributed by atoms with Crippen molar-refractivity contribution in [2.24, 2.45) is 5.16 Å². The van der Waals surface area contributed by atoms with Crippen LogP contribution in [-0.2, 0) is 6.54 Å². The molecule has 0 saturated carbocycles. The maximum Gasteiger partial charge on any atom is 0.156 e. The molecule has 0 radical (unpaired) electrons. The lowest BCUT2D eigenvalue weighted by molar-refractivity contribution is 0.321.